The Morgan fingerprint density at radius 3 is 2.78 bits per heavy atom. The third kappa shape index (κ3) is 3.65. The Morgan fingerprint density at radius 2 is 2.17 bits per heavy atom. The molecule has 18 heavy (non-hydrogen) atoms. The highest BCUT2D eigenvalue weighted by molar-refractivity contribution is 6.21. The van der Waals surface area contributed by atoms with Gasteiger partial charge in [-0.25, -0.2) is 8.78 Å². The van der Waals surface area contributed by atoms with Crippen LogP contribution in [0.1, 0.15) is 10.4 Å². The SMILES string of the molecule is COCC(Cl)CN(C)C(=O)c1cccc(F)c1F. The molecule has 0 aliphatic rings. The molecule has 1 unspecified atom stereocenters. The van der Waals surface area contributed by atoms with E-state index in [0.29, 0.717) is 0 Å². The minimum atomic E-state index is -1.15. The van der Waals surface area contributed by atoms with Crippen molar-refractivity contribution in [2.45, 2.75) is 5.38 Å². The van der Waals surface area contributed by atoms with Crippen LogP contribution in [0.15, 0.2) is 18.2 Å². The lowest BCUT2D eigenvalue weighted by atomic mass is 10.2. The first kappa shape index (κ1) is 14.9. The summed E-state index contributed by atoms with van der Waals surface area (Å²) in [6.45, 7) is 0.453. The number of carbonyl (C=O) groups is 1. The van der Waals surface area contributed by atoms with E-state index in [9.17, 15) is 13.6 Å². The Bertz CT molecular complexity index is 429. The quantitative estimate of drug-likeness (QED) is 0.773. The van der Waals surface area contributed by atoms with Crippen molar-refractivity contribution < 1.29 is 18.3 Å². The molecule has 1 aromatic rings. The molecule has 0 fully saturated rings. The van der Waals surface area contributed by atoms with Crippen molar-refractivity contribution in [3.8, 4) is 0 Å². The maximum absolute atomic E-state index is 13.4. The molecule has 0 N–H and O–H groups in total. The summed E-state index contributed by atoms with van der Waals surface area (Å²) in [5, 5.41) is -0.402. The van der Waals surface area contributed by atoms with E-state index in [1.54, 1.807) is 0 Å². The van der Waals surface area contributed by atoms with E-state index < -0.39 is 22.9 Å². The molecular weight excluding hydrogens is 264 g/mol. The molecule has 6 heteroatoms. The van der Waals surface area contributed by atoms with E-state index in [1.165, 1.54) is 31.2 Å². The molecule has 1 atom stereocenters. The highest BCUT2D eigenvalue weighted by Gasteiger charge is 2.20. The minimum Gasteiger partial charge on any atom is -0.383 e. The molecule has 0 heterocycles. The number of amides is 1. The number of ether oxygens (including phenoxy) is 1. The van der Waals surface area contributed by atoms with Crippen molar-refractivity contribution in [3.05, 3.63) is 35.4 Å². The monoisotopic (exact) mass is 277 g/mol. The number of hydrogen-bond acceptors (Lipinski definition) is 2. The normalized spacial score (nSPS) is 12.3. The number of methoxy groups -OCH3 is 1. The number of nitrogens with zero attached hydrogens (tertiary/aromatic N) is 1. The van der Waals surface area contributed by atoms with Gasteiger partial charge in [-0.05, 0) is 12.1 Å². The van der Waals surface area contributed by atoms with Gasteiger partial charge in [0.2, 0.25) is 0 Å². The lowest BCUT2D eigenvalue weighted by Gasteiger charge is -2.20. The first-order valence-electron chi connectivity index (χ1n) is 5.29. The van der Waals surface area contributed by atoms with Crippen LogP contribution in [-0.4, -0.2) is 43.5 Å². The fourth-order valence-electron chi connectivity index (χ4n) is 1.49. The second-order valence-corrected chi connectivity index (χ2v) is 4.46. The van der Waals surface area contributed by atoms with Gasteiger partial charge in [0.15, 0.2) is 11.6 Å². The Kier molecular flexibility index (Phi) is 5.50. The lowest BCUT2D eigenvalue weighted by Crippen LogP contribution is -2.34. The molecule has 0 saturated carbocycles. The van der Waals surface area contributed by atoms with Crippen molar-refractivity contribution >= 4 is 17.5 Å². The van der Waals surface area contributed by atoms with Gasteiger partial charge in [0.25, 0.3) is 5.91 Å². The van der Waals surface area contributed by atoms with Crippen molar-refractivity contribution in [1.29, 1.82) is 0 Å². The van der Waals surface area contributed by atoms with Crippen LogP contribution in [0.25, 0.3) is 0 Å². The van der Waals surface area contributed by atoms with Crippen LogP contribution in [0.4, 0.5) is 8.78 Å². The Hall–Kier alpha value is -1.20. The van der Waals surface area contributed by atoms with E-state index in [4.69, 9.17) is 16.3 Å². The number of halogens is 3. The summed E-state index contributed by atoms with van der Waals surface area (Å²) in [5.74, 6) is -2.81. The Balaban J connectivity index is 2.77. The zero-order valence-electron chi connectivity index (χ0n) is 10.1. The fraction of sp³-hybridized carbons (Fsp3) is 0.417. The number of rotatable bonds is 5. The molecule has 3 nitrogen and oxygen atoms in total. The van der Waals surface area contributed by atoms with E-state index in [-0.39, 0.29) is 18.7 Å². The molecule has 1 aromatic carbocycles. The summed E-state index contributed by atoms with van der Waals surface area (Å²) < 4.78 is 31.2. The second kappa shape index (κ2) is 6.66. The van der Waals surface area contributed by atoms with E-state index in [0.717, 1.165) is 6.07 Å². The van der Waals surface area contributed by atoms with Crippen LogP contribution in [0.3, 0.4) is 0 Å². The smallest absolute Gasteiger partial charge is 0.256 e. The molecule has 1 amide bonds. The van der Waals surface area contributed by atoms with Crippen molar-refractivity contribution in [2.75, 3.05) is 27.3 Å². The van der Waals surface area contributed by atoms with E-state index in [1.807, 2.05) is 0 Å². The lowest BCUT2D eigenvalue weighted by molar-refractivity contribution is 0.0776. The third-order valence-electron chi connectivity index (χ3n) is 2.35. The van der Waals surface area contributed by atoms with Crippen molar-refractivity contribution in [1.82, 2.24) is 4.90 Å². The highest BCUT2D eigenvalue weighted by Crippen LogP contribution is 2.14. The molecule has 0 saturated heterocycles. The number of benzene rings is 1. The summed E-state index contributed by atoms with van der Waals surface area (Å²) in [5.41, 5.74) is -0.307. The Morgan fingerprint density at radius 1 is 1.50 bits per heavy atom. The van der Waals surface area contributed by atoms with Gasteiger partial charge in [0.05, 0.1) is 17.5 Å². The molecule has 1 rings (SSSR count). The maximum atomic E-state index is 13.4. The summed E-state index contributed by atoms with van der Waals surface area (Å²) in [6.07, 6.45) is 0. The molecule has 0 aliphatic heterocycles. The number of carbonyl (C=O) groups excluding carboxylic acids is 1. The first-order valence-corrected chi connectivity index (χ1v) is 5.73. The molecule has 0 aromatic heterocycles. The fourth-order valence-corrected chi connectivity index (χ4v) is 1.82. The summed E-state index contributed by atoms with van der Waals surface area (Å²) >= 11 is 5.89. The minimum absolute atomic E-state index is 0.185. The molecule has 0 aliphatic carbocycles. The van der Waals surface area contributed by atoms with Gasteiger partial charge in [-0.15, -0.1) is 11.6 Å². The van der Waals surface area contributed by atoms with E-state index >= 15 is 0 Å². The average Bonchev–Trinajstić information content (AvgIpc) is 2.32. The summed E-state index contributed by atoms with van der Waals surface area (Å²) in [6, 6.07) is 3.48. The molecule has 0 spiro atoms. The van der Waals surface area contributed by atoms with Gasteiger partial charge in [-0.1, -0.05) is 6.07 Å². The predicted molar refractivity (Wildman–Crippen MR) is 64.8 cm³/mol. The topological polar surface area (TPSA) is 29.5 Å². The van der Waals surface area contributed by atoms with Crippen LogP contribution in [0.5, 0.6) is 0 Å². The van der Waals surface area contributed by atoms with Gasteiger partial charge < -0.3 is 9.64 Å². The van der Waals surface area contributed by atoms with Gasteiger partial charge in [0, 0.05) is 20.7 Å². The first-order chi connectivity index (χ1) is 8.47. The number of alkyl halides is 1. The van der Waals surface area contributed by atoms with Crippen molar-refractivity contribution in [3.63, 3.8) is 0 Å². The highest BCUT2D eigenvalue weighted by atomic mass is 35.5. The average molecular weight is 278 g/mol. The summed E-state index contributed by atoms with van der Waals surface area (Å²) in [4.78, 5) is 13.1. The molecule has 0 bridgehead atoms. The van der Waals surface area contributed by atoms with Crippen LogP contribution in [0, 0.1) is 11.6 Å². The largest absolute Gasteiger partial charge is 0.383 e. The van der Waals surface area contributed by atoms with Crippen LogP contribution < -0.4 is 0 Å². The zero-order chi connectivity index (χ0) is 13.7. The standard InChI is InChI=1S/C12H14ClF2NO2/c1-16(6-8(13)7-18-2)12(17)9-4-3-5-10(14)11(9)15/h3-5,8H,6-7H2,1-2H3. The van der Waals surface area contributed by atoms with Gasteiger partial charge >= 0.3 is 0 Å². The van der Waals surface area contributed by atoms with Gasteiger partial charge in [0.1, 0.15) is 0 Å². The van der Waals surface area contributed by atoms with Crippen LogP contribution in [0.2, 0.25) is 0 Å². The third-order valence-corrected chi connectivity index (χ3v) is 2.61. The van der Waals surface area contributed by atoms with Crippen LogP contribution >= 0.6 is 11.6 Å². The second-order valence-electron chi connectivity index (χ2n) is 3.84. The summed E-state index contributed by atoms with van der Waals surface area (Å²) in [7, 11) is 2.96. The molecule has 100 valence electrons. The van der Waals surface area contributed by atoms with Crippen LogP contribution in [-0.2, 0) is 4.74 Å². The maximum Gasteiger partial charge on any atom is 0.256 e. The molecular formula is C12H14ClF2NO2. The van der Waals surface area contributed by atoms with Gasteiger partial charge in [-0.2, -0.15) is 0 Å². The molecule has 0 radical (unpaired) electrons. The Labute approximate surface area is 109 Å². The zero-order valence-corrected chi connectivity index (χ0v) is 10.9. The predicted octanol–water partition coefficient (Wildman–Crippen LogP) is 2.29. The van der Waals surface area contributed by atoms with Crippen molar-refractivity contribution in [2.24, 2.45) is 0 Å². The van der Waals surface area contributed by atoms with E-state index in [2.05, 4.69) is 0 Å². The van der Waals surface area contributed by atoms with Gasteiger partial charge in [-0.3, -0.25) is 4.79 Å². The number of hydrogen-bond donors (Lipinski definition) is 0.